The standard InChI is InChI=1S/C12H16N4O3S/c13-20(17,18)8-1-2-10-7(3-8)4-14-12-15-9-5-19-6-11(9)16(10)12/h5-8,10H,1-4H2,(H,14,15)(H2,13,17,18). The van der Waals surface area contributed by atoms with Crippen molar-refractivity contribution >= 4 is 27.0 Å². The summed E-state index contributed by atoms with van der Waals surface area (Å²) in [6, 6.07) is 0.270. The Bertz CT molecular complexity index is 763. The Balaban J connectivity index is 1.72. The average molecular weight is 296 g/mol. The first kappa shape index (κ1) is 12.2. The van der Waals surface area contributed by atoms with Crippen LogP contribution in [0.4, 0.5) is 5.95 Å². The number of rotatable bonds is 1. The third kappa shape index (κ3) is 1.68. The van der Waals surface area contributed by atoms with E-state index in [1.165, 1.54) is 0 Å². The zero-order valence-electron chi connectivity index (χ0n) is 10.8. The van der Waals surface area contributed by atoms with E-state index >= 15 is 0 Å². The van der Waals surface area contributed by atoms with Crippen LogP contribution in [0, 0.1) is 5.92 Å². The molecule has 2 aromatic heterocycles. The SMILES string of the molecule is NS(=O)(=O)C1CCC2C(CNc3nc4cocc4n32)C1. The summed E-state index contributed by atoms with van der Waals surface area (Å²) in [5, 5.41) is 8.16. The van der Waals surface area contributed by atoms with Crippen LogP contribution in [0.15, 0.2) is 16.9 Å². The molecular formula is C12H16N4O3S. The second kappa shape index (κ2) is 3.98. The minimum absolute atomic E-state index is 0.256. The van der Waals surface area contributed by atoms with E-state index in [9.17, 15) is 8.42 Å². The van der Waals surface area contributed by atoms with Gasteiger partial charge in [-0.25, -0.2) is 18.5 Å². The molecule has 3 heterocycles. The second-order valence-electron chi connectivity index (χ2n) is 5.68. The van der Waals surface area contributed by atoms with E-state index in [-0.39, 0.29) is 12.0 Å². The Hall–Kier alpha value is -1.54. The molecule has 1 aliphatic carbocycles. The Labute approximate surface area is 116 Å². The van der Waals surface area contributed by atoms with Gasteiger partial charge >= 0.3 is 0 Å². The molecule has 0 radical (unpaired) electrons. The van der Waals surface area contributed by atoms with Gasteiger partial charge in [-0.2, -0.15) is 0 Å². The number of anilines is 1. The number of furan rings is 1. The fourth-order valence-electron chi connectivity index (χ4n) is 3.57. The van der Waals surface area contributed by atoms with Gasteiger partial charge in [-0.3, -0.25) is 0 Å². The van der Waals surface area contributed by atoms with E-state index < -0.39 is 15.3 Å². The summed E-state index contributed by atoms with van der Waals surface area (Å²) >= 11 is 0. The molecule has 7 nitrogen and oxygen atoms in total. The van der Waals surface area contributed by atoms with Crippen molar-refractivity contribution in [3.8, 4) is 0 Å². The predicted octanol–water partition coefficient (Wildman–Crippen LogP) is 1.05. The lowest BCUT2D eigenvalue weighted by Crippen LogP contribution is -2.42. The molecular weight excluding hydrogens is 280 g/mol. The van der Waals surface area contributed by atoms with Crippen molar-refractivity contribution in [3.05, 3.63) is 12.5 Å². The Morgan fingerprint density at radius 2 is 2.25 bits per heavy atom. The topological polar surface area (TPSA) is 103 Å². The van der Waals surface area contributed by atoms with Gasteiger partial charge in [0.2, 0.25) is 16.0 Å². The highest BCUT2D eigenvalue weighted by Crippen LogP contribution is 2.42. The van der Waals surface area contributed by atoms with Crippen LogP contribution in [0.25, 0.3) is 11.0 Å². The van der Waals surface area contributed by atoms with Gasteiger partial charge in [-0.15, -0.1) is 0 Å². The van der Waals surface area contributed by atoms with E-state index in [1.807, 2.05) is 0 Å². The van der Waals surface area contributed by atoms with Crippen LogP contribution in [0.3, 0.4) is 0 Å². The van der Waals surface area contributed by atoms with E-state index in [4.69, 9.17) is 9.56 Å². The monoisotopic (exact) mass is 296 g/mol. The lowest BCUT2D eigenvalue weighted by atomic mass is 9.83. The zero-order chi connectivity index (χ0) is 13.9. The summed E-state index contributed by atoms with van der Waals surface area (Å²) in [6.07, 6.45) is 5.34. The van der Waals surface area contributed by atoms with Crippen molar-refractivity contribution in [2.45, 2.75) is 30.6 Å². The molecule has 3 atom stereocenters. The molecule has 108 valence electrons. The fraction of sp³-hybridized carbons (Fsp3) is 0.583. The summed E-state index contributed by atoms with van der Waals surface area (Å²) in [4.78, 5) is 4.49. The van der Waals surface area contributed by atoms with Gasteiger partial charge < -0.3 is 14.3 Å². The van der Waals surface area contributed by atoms with Crippen LogP contribution in [-0.4, -0.2) is 29.8 Å². The van der Waals surface area contributed by atoms with Crippen molar-refractivity contribution in [1.82, 2.24) is 9.55 Å². The quantitative estimate of drug-likeness (QED) is 0.818. The number of nitrogens with one attached hydrogen (secondary N) is 1. The van der Waals surface area contributed by atoms with Gasteiger partial charge in [0.1, 0.15) is 23.6 Å². The number of imidazole rings is 1. The van der Waals surface area contributed by atoms with Crippen molar-refractivity contribution in [2.24, 2.45) is 11.1 Å². The Kier molecular flexibility index (Phi) is 2.43. The summed E-state index contributed by atoms with van der Waals surface area (Å²) in [5.74, 6) is 1.10. The first-order valence-electron chi connectivity index (χ1n) is 6.73. The van der Waals surface area contributed by atoms with Crippen LogP contribution in [0.5, 0.6) is 0 Å². The number of sulfonamides is 1. The molecule has 2 aliphatic rings. The third-order valence-corrected chi connectivity index (χ3v) is 5.91. The molecule has 1 saturated carbocycles. The van der Waals surface area contributed by atoms with E-state index in [0.717, 1.165) is 29.9 Å². The average Bonchev–Trinajstić information content (AvgIpc) is 2.96. The first-order chi connectivity index (χ1) is 9.54. The molecule has 0 spiro atoms. The first-order valence-corrected chi connectivity index (χ1v) is 8.34. The normalized spacial score (nSPS) is 29.8. The number of aromatic nitrogens is 2. The maximum absolute atomic E-state index is 11.6. The molecule has 0 saturated heterocycles. The van der Waals surface area contributed by atoms with E-state index in [1.54, 1.807) is 12.5 Å². The summed E-state index contributed by atoms with van der Waals surface area (Å²) in [5.41, 5.74) is 1.80. The minimum Gasteiger partial charge on any atom is -0.468 e. The third-order valence-electron chi connectivity index (χ3n) is 4.55. The van der Waals surface area contributed by atoms with Crippen molar-refractivity contribution < 1.29 is 12.8 Å². The highest BCUT2D eigenvalue weighted by molar-refractivity contribution is 7.89. The lowest BCUT2D eigenvalue weighted by Gasteiger charge is -2.40. The molecule has 20 heavy (non-hydrogen) atoms. The maximum Gasteiger partial charge on any atom is 0.211 e. The van der Waals surface area contributed by atoms with Crippen LogP contribution < -0.4 is 10.5 Å². The predicted molar refractivity (Wildman–Crippen MR) is 73.8 cm³/mol. The summed E-state index contributed by atoms with van der Waals surface area (Å²) in [7, 11) is -3.44. The number of primary sulfonamides is 1. The van der Waals surface area contributed by atoms with Gasteiger partial charge in [0.15, 0.2) is 0 Å². The summed E-state index contributed by atoms with van der Waals surface area (Å²) in [6.45, 7) is 0.743. The van der Waals surface area contributed by atoms with Crippen molar-refractivity contribution in [1.29, 1.82) is 0 Å². The molecule has 2 aromatic rings. The smallest absolute Gasteiger partial charge is 0.211 e. The molecule has 0 aromatic carbocycles. The van der Waals surface area contributed by atoms with Crippen LogP contribution in [-0.2, 0) is 10.0 Å². The molecule has 3 unspecified atom stereocenters. The Morgan fingerprint density at radius 1 is 1.40 bits per heavy atom. The van der Waals surface area contributed by atoms with Gasteiger partial charge in [0, 0.05) is 12.6 Å². The number of fused-ring (bicyclic) bond motifs is 5. The number of hydrogen-bond donors (Lipinski definition) is 2. The van der Waals surface area contributed by atoms with Crippen molar-refractivity contribution in [3.63, 3.8) is 0 Å². The molecule has 1 aliphatic heterocycles. The molecule has 1 fully saturated rings. The van der Waals surface area contributed by atoms with Crippen LogP contribution in [0.1, 0.15) is 25.3 Å². The molecule has 0 amide bonds. The minimum atomic E-state index is -3.44. The highest BCUT2D eigenvalue weighted by atomic mass is 32.2. The number of nitrogens with zero attached hydrogens (tertiary/aromatic N) is 2. The van der Waals surface area contributed by atoms with Gasteiger partial charge in [0.05, 0.1) is 5.25 Å². The molecule has 4 rings (SSSR count). The zero-order valence-corrected chi connectivity index (χ0v) is 11.6. The Morgan fingerprint density at radius 3 is 3.05 bits per heavy atom. The van der Waals surface area contributed by atoms with E-state index in [0.29, 0.717) is 12.8 Å². The highest BCUT2D eigenvalue weighted by Gasteiger charge is 2.40. The lowest BCUT2D eigenvalue weighted by molar-refractivity contribution is 0.244. The van der Waals surface area contributed by atoms with Gasteiger partial charge in [-0.05, 0) is 25.2 Å². The largest absolute Gasteiger partial charge is 0.468 e. The van der Waals surface area contributed by atoms with Crippen LogP contribution in [0.2, 0.25) is 0 Å². The summed E-state index contributed by atoms with van der Waals surface area (Å²) < 4.78 is 30.4. The maximum atomic E-state index is 11.6. The number of hydrogen-bond acceptors (Lipinski definition) is 5. The van der Waals surface area contributed by atoms with Gasteiger partial charge in [0.25, 0.3) is 0 Å². The molecule has 8 heteroatoms. The molecule has 3 N–H and O–H groups in total. The fourth-order valence-corrected chi connectivity index (χ4v) is 4.56. The van der Waals surface area contributed by atoms with Crippen molar-refractivity contribution in [2.75, 3.05) is 11.9 Å². The second-order valence-corrected chi connectivity index (χ2v) is 7.52. The van der Waals surface area contributed by atoms with Crippen LogP contribution >= 0.6 is 0 Å². The molecule has 0 bridgehead atoms. The number of nitrogens with two attached hydrogens (primary N) is 1. The van der Waals surface area contributed by atoms with Gasteiger partial charge in [-0.1, -0.05) is 0 Å². The van der Waals surface area contributed by atoms with E-state index in [2.05, 4.69) is 14.9 Å².